The minimum atomic E-state index is -0.693. The smallest absolute Gasteiger partial charge is 0.128 e. The van der Waals surface area contributed by atoms with Gasteiger partial charge in [0.05, 0.1) is 0 Å². The average Bonchev–Trinajstić information content (AvgIpc) is 2.62. The molecule has 2 heterocycles. The molecular weight excluding hydrogens is 270 g/mol. The normalized spacial score (nSPS) is 33.9. The monoisotopic (exact) mass is 279 g/mol. The van der Waals surface area contributed by atoms with E-state index in [9.17, 15) is 5.11 Å². The second-order valence-electron chi connectivity index (χ2n) is 3.16. The molecule has 0 aromatic carbocycles. The van der Waals surface area contributed by atoms with E-state index < -0.39 is 5.60 Å². The van der Waals surface area contributed by atoms with Gasteiger partial charge in [-0.3, -0.25) is 0 Å². The molecule has 2 atom stereocenters. The zero-order valence-electron chi connectivity index (χ0n) is 7.16. The Bertz CT molecular complexity index is 317. The van der Waals surface area contributed by atoms with Crippen LogP contribution in [0, 0.1) is 0 Å². The number of thioether (sulfide) groups is 1. The van der Waals surface area contributed by atoms with E-state index in [1.54, 1.807) is 0 Å². The van der Waals surface area contributed by atoms with Gasteiger partial charge in [-0.15, -0.1) is 11.3 Å². The van der Waals surface area contributed by atoms with Gasteiger partial charge < -0.3 is 5.11 Å². The van der Waals surface area contributed by atoms with Crippen LogP contribution in [0.5, 0.6) is 0 Å². The number of rotatable bonds is 1. The van der Waals surface area contributed by atoms with Crippen molar-refractivity contribution < 1.29 is 5.11 Å². The van der Waals surface area contributed by atoms with E-state index in [-0.39, 0.29) is 5.25 Å². The Labute approximate surface area is 93.9 Å². The lowest BCUT2D eigenvalue weighted by molar-refractivity contribution is 0.0423. The maximum atomic E-state index is 10.4. The van der Waals surface area contributed by atoms with E-state index in [2.05, 4.69) is 27.8 Å². The maximum Gasteiger partial charge on any atom is 0.128 e. The fraction of sp³-hybridized carbons (Fsp3) is 0.625. The zero-order chi connectivity index (χ0) is 9.47. The Morgan fingerprint density at radius 2 is 2.54 bits per heavy atom. The molecular formula is C8H10BrNOS2. The molecule has 72 valence electrons. The molecule has 0 spiro atoms. The summed E-state index contributed by atoms with van der Waals surface area (Å²) in [6.07, 6.45) is 0.818. The van der Waals surface area contributed by atoms with Crippen molar-refractivity contribution in [2.75, 3.05) is 5.75 Å². The average molecular weight is 280 g/mol. The van der Waals surface area contributed by atoms with Crippen molar-refractivity contribution in [1.82, 2.24) is 4.98 Å². The molecule has 1 aromatic heterocycles. The Hall–Kier alpha value is 0.420. The van der Waals surface area contributed by atoms with Crippen molar-refractivity contribution in [2.45, 2.75) is 24.2 Å². The first-order chi connectivity index (χ1) is 6.13. The topological polar surface area (TPSA) is 33.1 Å². The molecule has 1 N–H and O–H groups in total. The first-order valence-electron chi connectivity index (χ1n) is 4.08. The van der Waals surface area contributed by atoms with Crippen LogP contribution in [0.25, 0.3) is 0 Å². The third kappa shape index (κ3) is 1.67. The second kappa shape index (κ2) is 3.53. The predicted octanol–water partition coefficient (Wildman–Crippen LogP) is 2.62. The quantitative estimate of drug-likeness (QED) is 0.858. The summed E-state index contributed by atoms with van der Waals surface area (Å²) in [6.45, 7) is 2.06. The van der Waals surface area contributed by atoms with E-state index >= 15 is 0 Å². The summed E-state index contributed by atoms with van der Waals surface area (Å²) in [5.41, 5.74) is -0.693. The highest BCUT2D eigenvalue weighted by Crippen LogP contribution is 2.44. The number of thiazole rings is 1. The highest BCUT2D eigenvalue weighted by Gasteiger charge is 2.42. The first-order valence-corrected chi connectivity index (χ1v) is 6.80. The van der Waals surface area contributed by atoms with Crippen LogP contribution >= 0.6 is 39.0 Å². The Kier molecular flexibility index (Phi) is 2.70. The van der Waals surface area contributed by atoms with E-state index in [1.165, 1.54) is 11.3 Å². The number of nitrogens with zero attached hydrogens (tertiary/aromatic N) is 1. The van der Waals surface area contributed by atoms with Crippen LogP contribution < -0.4 is 0 Å². The summed E-state index contributed by atoms with van der Waals surface area (Å²) < 4.78 is 0.824. The Balaban J connectivity index is 2.33. The van der Waals surface area contributed by atoms with Gasteiger partial charge in [0.2, 0.25) is 0 Å². The standard InChI is InChI=1S/C8H10BrNOS2/c1-5-8(11,2-3-12-5)7-10-6(9)4-13-7/h4-5,11H,2-3H2,1H3. The lowest BCUT2D eigenvalue weighted by atomic mass is 9.99. The third-order valence-electron chi connectivity index (χ3n) is 2.37. The van der Waals surface area contributed by atoms with Crippen molar-refractivity contribution in [3.63, 3.8) is 0 Å². The Morgan fingerprint density at radius 3 is 3.00 bits per heavy atom. The van der Waals surface area contributed by atoms with Crippen LogP contribution in [0.15, 0.2) is 9.98 Å². The molecule has 13 heavy (non-hydrogen) atoms. The predicted molar refractivity (Wildman–Crippen MR) is 60.2 cm³/mol. The molecule has 1 saturated heterocycles. The van der Waals surface area contributed by atoms with Gasteiger partial charge in [0.15, 0.2) is 0 Å². The highest BCUT2D eigenvalue weighted by molar-refractivity contribution is 9.10. The number of aliphatic hydroxyl groups is 1. The molecule has 1 aliphatic heterocycles. The third-order valence-corrected chi connectivity index (χ3v) is 5.42. The minimum Gasteiger partial charge on any atom is -0.381 e. The van der Waals surface area contributed by atoms with E-state index in [0.29, 0.717) is 0 Å². The molecule has 2 nitrogen and oxygen atoms in total. The SMILES string of the molecule is CC1SCCC1(O)c1nc(Br)cs1. The van der Waals surface area contributed by atoms with E-state index in [0.717, 1.165) is 21.8 Å². The van der Waals surface area contributed by atoms with Gasteiger partial charge in [-0.2, -0.15) is 11.8 Å². The molecule has 1 fully saturated rings. The molecule has 0 saturated carbocycles. The summed E-state index contributed by atoms with van der Waals surface area (Å²) >= 11 is 6.64. The molecule has 1 aromatic rings. The molecule has 0 bridgehead atoms. The van der Waals surface area contributed by atoms with Crippen LogP contribution in [0.4, 0.5) is 0 Å². The molecule has 1 aliphatic rings. The summed E-state index contributed by atoms with van der Waals surface area (Å²) in [7, 11) is 0. The zero-order valence-corrected chi connectivity index (χ0v) is 10.4. The van der Waals surface area contributed by atoms with Crippen molar-refractivity contribution >= 4 is 39.0 Å². The summed E-state index contributed by atoms with van der Waals surface area (Å²) in [5, 5.41) is 13.4. The van der Waals surface area contributed by atoms with Gasteiger partial charge in [-0.1, -0.05) is 6.92 Å². The lowest BCUT2D eigenvalue weighted by Crippen LogP contribution is -2.31. The number of hydrogen-bond acceptors (Lipinski definition) is 4. The van der Waals surface area contributed by atoms with Crippen LogP contribution in [-0.2, 0) is 5.60 Å². The van der Waals surface area contributed by atoms with Crippen molar-refractivity contribution in [3.8, 4) is 0 Å². The molecule has 2 unspecified atom stereocenters. The fourth-order valence-electron chi connectivity index (χ4n) is 1.47. The number of hydrogen-bond donors (Lipinski definition) is 1. The lowest BCUT2D eigenvalue weighted by Gasteiger charge is -2.23. The Morgan fingerprint density at radius 1 is 1.77 bits per heavy atom. The van der Waals surface area contributed by atoms with Gasteiger partial charge in [-0.05, 0) is 28.1 Å². The summed E-state index contributed by atoms with van der Waals surface area (Å²) in [4.78, 5) is 4.29. The summed E-state index contributed by atoms with van der Waals surface area (Å²) in [6, 6.07) is 0. The van der Waals surface area contributed by atoms with Gasteiger partial charge in [-0.25, -0.2) is 4.98 Å². The van der Waals surface area contributed by atoms with Gasteiger partial charge in [0.25, 0.3) is 0 Å². The van der Waals surface area contributed by atoms with Gasteiger partial charge >= 0.3 is 0 Å². The van der Waals surface area contributed by atoms with Gasteiger partial charge in [0, 0.05) is 10.6 Å². The van der Waals surface area contributed by atoms with E-state index in [4.69, 9.17) is 0 Å². The van der Waals surface area contributed by atoms with Crippen LogP contribution in [0.1, 0.15) is 18.4 Å². The molecule has 5 heteroatoms. The largest absolute Gasteiger partial charge is 0.381 e. The fourth-order valence-corrected chi connectivity index (χ4v) is 4.30. The van der Waals surface area contributed by atoms with Crippen molar-refractivity contribution in [3.05, 3.63) is 15.0 Å². The maximum absolute atomic E-state index is 10.4. The molecule has 0 amide bonds. The number of halogens is 1. The summed E-state index contributed by atoms with van der Waals surface area (Å²) in [5.74, 6) is 1.02. The second-order valence-corrected chi connectivity index (χ2v) is 6.28. The molecule has 0 aliphatic carbocycles. The van der Waals surface area contributed by atoms with Crippen molar-refractivity contribution in [1.29, 1.82) is 0 Å². The van der Waals surface area contributed by atoms with Crippen molar-refractivity contribution in [2.24, 2.45) is 0 Å². The number of aromatic nitrogens is 1. The van der Waals surface area contributed by atoms with E-state index in [1.807, 2.05) is 17.1 Å². The van der Waals surface area contributed by atoms with Crippen LogP contribution in [-0.4, -0.2) is 21.1 Å². The van der Waals surface area contributed by atoms with Gasteiger partial charge in [0.1, 0.15) is 15.2 Å². The first kappa shape index (κ1) is 9.96. The highest BCUT2D eigenvalue weighted by atomic mass is 79.9. The van der Waals surface area contributed by atoms with Crippen LogP contribution in [0.3, 0.4) is 0 Å². The molecule has 2 rings (SSSR count). The molecule has 0 radical (unpaired) electrons. The van der Waals surface area contributed by atoms with Crippen LogP contribution in [0.2, 0.25) is 0 Å². The minimum absolute atomic E-state index is 0.255.